The summed E-state index contributed by atoms with van der Waals surface area (Å²) in [4.78, 5) is 22.5. The third-order valence-electron chi connectivity index (χ3n) is 9.11. The van der Waals surface area contributed by atoms with Crippen LogP contribution in [0.5, 0.6) is 0 Å². The molecular formula is C47H84NO7P. The Morgan fingerprint density at radius 1 is 0.554 bits per heavy atom. The summed E-state index contributed by atoms with van der Waals surface area (Å²) in [5, 5.41) is 0. The fraction of sp³-hybridized carbons (Fsp3) is 0.723. The Morgan fingerprint density at radius 2 is 1.00 bits per heavy atom. The van der Waals surface area contributed by atoms with Crippen LogP contribution in [0.4, 0.5) is 0 Å². The summed E-state index contributed by atoms with van der Waals surface area (Å²) in [6.07, 6.45) is 54.9. The van der Waals surface area contributed by atoms with Crippen LogP contribution >= 0.6 is 7.82 Å². The van der Waals surface area contributed by atoms with Crippen molar-refractivity contribution in [2.45, 2.75) is 187 Å². The maximum absolute atomic E-state index is 12.6. The number of ether oxygens (including phenoxy) is 2. The first-order valence-electron chi connectivity index (χ1n) is 22.4. The maximum Gasteiger partial charge on any atom is 0.472 e. The summed E-state index contributed by atoms with van der Waals surface area (Å²) in [5.41, 5.74) is 5.37. The van der Waals surface area contributed by atoms with Crippen molar-refractivity contribution < 1.29 is 32.8 Å². The Kier molecular flexibility index (Phi) is 42.4. The van der Waals surface area contributed by atoms with Gasteiger partial charge in [-0.15, -0.1) is 0 Å². The molecule has 9 heteroatoms. The molecule has 0 amide bonds. The van der Waals surface area contributed by atoms with E-state index < -0.39 is 13.9 Å². The van der Waals surface area contributed by atoms with Gasteiger partial charge in [-0.2, -0.15) is 0 Å². The van der Waals surface area contributed by atoms with E-state index in [0.29, 0.717) is 13.0 Å². The maximum atomic E-state index is 12.6. The fourth-order valence-electron chi connectivity index (χ4n) is 5.84. The van der Waals surface area contributed by atoms with Crippen LogP contribution in [0.1, 0.15) is 181 Å². The van der Waals surface area contributed by atoms with Crippen LogP contribution < -0.4 is 5.73 Å². The van der Waals surface area contributed by atoms with Crippen LogP contribution in [0.25, 0.3) is 0 Å². The first kappa shape index (κ1) is 53.9. The molecule has 0 aromatic heterocycles. The number of hydrogen-bond acceptors (Lipinski definition) is 7. The van der Waals surface area contributed by atoms with Crippen molar-refractivity contribution in [1.82, 2.24) is 0 Å². The minimum Gasteiger partial charge on any atom is -0.457 e. The largest absolute Gasteiger partial charge is 0.472 e. The van der Waals surface area contributed by atoms with E-state index in [9.17, 15) is 14.3 Å². The van der Waals surface area contributed by atoms with E-state index in [1.165, 1.54) is 83.5 Å². The Labute approximate surface area is 344 Å². The minimum atomic E-state index is -4.29. The zero-order valence-electron chi connectivity index (χ0n) is 35.8. The van der Waals surface area contributed by atoms with E-state index >= 15 is 0 Å². The first-order chi connectivity index (χ1) is 27.4. The third-order valence-corrected chi connectivity index (χ3v) is 10.1. The van der Waals surface area contributed by atoms with Gasteiger partial charge in [-0.3, -0.25) is 13.8 Å². The lowest BCUT2D eigenvalue weighted by Crippen LogP contribution is -2.28. The van der Waals surface area contributed by atoms with Gasteiger partial charge in [0.15, 0.2) is 0 Å². The molecule has 0 aliphatic rings. The van der Waals surface area contributed by atoms with Gasteiger partial charge in [-0.25, -0.2) is 4.57 Å². The molecule has 0 aromatic rings. The number of carbonyl (C=O) groups is 1. The minimum absolute atomic E-state index is 0.0931. The molecular weight excluding hydrogens is 721 g/mol. The van der Waals surface area contributed by atoms with Gasteiger partial charge in [0.05, 0.1) is 19.8 Å². The van der Waals surface area contributed by atoms with E-state index in [0.717, 1.165) is 77.0 Å². The van der Waals surface area contributed by atoms with Crippen LogP contribution in [0.15, 0.2) is 72.9 Å². The average Bonchev–Trinajstić information content (AvgIpc) is 3.19. The molecule has 0 radical (unpaired) electrons. The summed E-state index contributed by atoms with van der Waals surface area (Å²) in [5.74, 6) is -0.349. The molecule has 8 nitrogen and oxygen atoms in total. The van der Waals surface area contributed by atoms with Crippen molar-refractivity contribution in [3.05, 3.63) is 72.9 Å². The van der Waals surface area contributed by atoms with Gasteiger partial charge in [0.25, 0.3) is 0 Å². The molecule has 0 bridgehead atoms. The number of phosphoric ester groups is 1. The predicted octanol–water partition coefficient (Wildman–Crippen LogP) is 13.5. The second-order valence-electron chi connectivity index (χ2n) is 14.5. The molecule has 0 saturated heterocycles. The quantitative estimate of drug-likeness (QED) is 0.0271. The Balaban J connectivity index is 4.07. The smallest absolute Gasteiger partial charge is 0.457 e. The van der Waals surface area contributed by atoms with Crippen molar-refractivity contribution in [2.24, 2.45) is 5.73 Å². The highest BCUT2D eigenvalue weighted by Crippen LogP contribution is 2.43. The molecule has 324 valence electrons. The SMILES string of the molecule is CC/C=C\C/C=C\C/C=C\C/C=C\CCCCCCCCC(=O)OC(COCCCCCCCCCC/C=C\C/C=C\CCCCC)COP(=O)(O)OCCN. The highest BCUT2D eigenvalue weighted by Gasteiger charge is 2.25. The number of carbonyl (C=O) groups excluding carboxylic acids is 1. The summed E-state index contributed by atoms with van der Waals surface area (Å²) in [6.45, 7) is 4.74. The second kappa shape index (κ2) is 44.1. The van der Waals surface area contributed by atoms with E-state index in [-0.39, 0.29) is 32.3 Å². The van der Waals surface area contributed by atoms with Crippen LogP contribution in [-0.4, -0.2) is 49.9 Å². The summed E-state index contributed by atoms with van der Waals surface area (Å²) in [6, 6.07) is 0. The predicted molar refractivity (Wildman–Crippen MR) is 238 cm³/mol. The highest BCUT2D eigenvalue weighted by molar-refractivity contribution is 7.47. The molecule has 0 aromatic carbocycles. The molecule has 2 unspecified atom stereocenters. The zero-order chi connectivity index (χ0) is 40.9. The lowest BCUT2D eigenvalue weighted by molar-refractivity contribution is -0.154. The van der Waals surface area contributed by atoms with Gasteiger partial charge < -0.3 is 20.1 Å². The Bertz CT molecular complexity index is 1080. The number of unbranched alkanes of at least 4 members (excludes halogenated alkanes) is 17. The molecule has 0 aliphatic heterocycles. The number of rotatable bonds is 42. The van der Waals surface area contributed by atoms with Crippen molar-refractivity contribution >= 4 is 13.8 Å². The lowest BCUT2D eigenvalue weighted by atomic mass is 10.1. The monoisotopic (exact) mass is 806 g/mol. The summed E-state index contributed by atoms with van der Waals surface area (Å²) in [7, 11) is -4.29. The molecule has 0 rings (SSSR count). The molecule has 0 fully saturated rings. The van der Waals surface area contributed by atoms with E-state index in [2.05, 4.69) is 86.8 Å². The standard InChI is InChI=1S/C47H84NO7P/c1-3-5-7-9-11-13-15-17-19-21-23-24-26-28-30-32-34-36-38-40-47(49)55-46(45-54-56(50,51)53-43-41-48)44-52-42-39-37-35-33-31-29-27-25-22-20-18-16-14-12-10-8-6-4-2/h5,7,11-14,17-20,23-24,46H,3-4,6,8-10,15-16,21-22,25-45,48H2,1-2H3,(H,50,51)/b7-5-,13-11-,14-12-,19-17-,20-18-,24-23-. The molecule has 2 atom stereocenters. The topological polar surface area (TPSA) is 117 Å². The van der Waals surface area contributed by atoms with Gasteiger partial charge in [0, 0.05) is 19.6 Å². The molecule has 0 saturated carbocycles. The normalized spacial score (nSPS) is 14.1. The number of hydrogen-bond donors (Lipinski definition) is 2. The molecule has 3 N–H and O–H groups in total. The summed E-state index contributed by atoms with van der Waals surface area (Å²) >= 11 is 0. The fourth-order valence-corrected chi connectivity index (χ4v) is 6.61. The molecule has 0 aliphatic carbocycles. The van der Waals surface area contributed by atoms with Gasteiger partial charge in [0.1, 0.15) is 6.10 Å². The zero-order valence-corrected chi connectivity index (χ0v) is 36.7. The van der Waals surface area contributed by atoms with Gasteiger partial charge in [0.2, 0.25) is 0 Å². The molecule has 0 spiro atoms. The van der Waals surface area contributed by atoms with Crippen LogP contribution in [0.3, 0.4) is 0 Å². The molecule has 56 heavy (non-hydrogen) atoms. The number of allylic oxidation sites excluding steroid dienone is 12. The summed E-state index contributed by atoms with van der Waals surface area (Å²) < 4.78 is 33.5. The number of phosphoric acid groups is 1. The Morgan fingerprint density at radius 3 is 1.50 bits per heavy atom. The van der Waals surface area contributed by atoms with Crippen LogP contribution in [0.2, 0.25) is 0 Å². The van der Waals surface area contributed by atoms with Gasteiger partial charge in [-0.1, -0.05) is 164 Å². The highest BCUT2D eigenvalue weighted by atomic mass is 31.2. The van der Waals surface area contributed by atoms with E-state index in [1.54, 1.807) is 0 Å². The second-order valence-corrected chi connectivity index (χ2v) is 16.0. The lowest BCUT2D eigenvalue weighted by Gasteiger charge is -2.20. The number of nitrogens with two attached hydrogens (primary N) is 1. The van der Waals surface area contributed by atoms with E-state index in [1.807, 2.05) is 0 Å². The number of esters is 1. The van der Waals surface area contributed by atoms with Crippen molar-refractivity contribution in [3.63, 3.8) is 0 Å². The average molecular weight is 806 g/mol. The van der Waals surface area contributed by atoms with E-state index in [4.69, 9.17) is 24.3 Å². The molecule has 0 heterocycles. The van der Waals surface area contributed by atoms with Crippen molar-refractivity contribution in [2.75, 3.05) is 33.0 Å². The Hall–Kier alpha value is -2.06. The van der Waals surface area contributed by atoms with Gasteiger partial charge >= 0.3 is 13.8 Å². The van der Waals surface area contributed by atoms with Crippen LogP contribution in [-0.2, 0) is 27.9 Å². The van der Waals surface area contributed by atoms with Crippen molar-refractivity contribution in [3.8, 4) is 0 Å². The van der Waals surface area contributed by atoms with Gasteiger partial charge in [-0.05, 0) is 83.5 Å². The first-order valence-corrected chi connectivity index (χ1v) is 23.9. The van der Waals surface area contributed by atoms with Crippen molar-refractivity contribution in [1.29, 1.82) is 0 Å². The third kappa shape index (κ3) is 43.1. The van der Waals surface area contributed by atoms with Crippen LogP contribution in [0, 0.1) is 0 Å².